The number of hydrazone groups is 1. The van der Waals surface area contributed by atoms with Crippen LogP contribution < -0.4 is 10.1 Å². The van der Waals surface area contributed by atoms with Crippen LogP contribution in [0.5, 0.6) is 5.75 Å². The quantitative estimate of drug-likeness (QED) is 0.660. The second kappa shape index (κ2) is 7.63. The fourth-order valence-electron chi connectivity index (χ4n) is 3.15. The van der Waals surface area contributed by atoms with E-state index in [1.165, 1.54) is 0 Å². The number of furan rings is 1. The van der Waals surface area contributed by atoms with E-state index in [2.05, 4.69) is 5.32 Å². The molecular formula is C21H19N3O2S. The third-order valence-corrected chi connectivity index (χ3v) is 4.72. The van der Waals surface area contributed by atoms with Crippen LogP contribution in [0.15, 0.2) is 82.5 Å². The van der Waals surface area contributed by atoms with Gasteiger partial charge in [0.2, 0.25) is 0 Å². The summed E-state index contributed by atoms with van der Waals surface area (Å²) >= 11 is 5.65. The number of hydrogen-bond acceptors (Lipinski definition) is 4. The molecule has 0 saturated carbocycles. The van der Waals surface area contributed by atoms with E-state index >= 15 is 0 Å². The van der Waals surface area contributed by atoms with Crippen LogP contribution in [0.4, 0.5) is 5.69 Å². The maximum absolute atomic E-state index is 5.66. The lowest BCUT2D eigenvalue weighted by Gasteiger charge is -2.23. The standard InChI is InChI=1S/C21H19N3O2S/c1-25-19-11-6-5-10-16(19)17-14-18(20-12-7-13-26-20)24(23-17)21(27)22-15-8-3-2-4-9-15/h2-13,18H,14H2,1H3,(H,22,27)/t18-/m1/s1. The molecule has 0 radical (unpaired) electrons. The summed E-state index contributed by atoms with van der Waals surface area (Å²) in [6.45, 7) is 0. The van der Waals surface area contributed by atoms with Crippen LogP contribution in [0, 0.1) is 0 Å². The highest BCUT2D eigenvalue weighted by atomic mass is 32.1. The predicted octanol–water partition coefficient (Wildman–Crippen LogP) is 4.84. The Kier molecular flexibility index (Phi) is 4.89. The van der Waals surface area contributed by atoms with Gasteiger partial charge in [-0.3, -0.25) is 0 Å². The Labute approximate surface area is 163 Å². The highest BCUT2D eigenvalue weighted by Crippen LogP contribution is 2.35. The summed E-state index contributed by atoms with van der Waals surface area (Å²) in [4.78, 5) is 0. The molecule has 2 aromatic carbocycles. The van der Waals surface area contributed by atoms with Gasteiger partial charge in [0.1, 0.15) is 17.6 Å². The highest BCUT2D eigenvalue weighted by Gasteiger charge is 2.34. The number of methoxy groups -OCH3 is 1. The summed E-state index contributed by atoms with van der Waals surface area (Å²) in [6.07, 6.45) is 2.34. The molecule has 0 bridgehead atoms. The van der Waals surface area contributed by atoms with Crippen LogP contribution in [0.25, 0.3) is 0 Å². The van der Waals surface area contributed by atoms with Crippen molar-refractivity contribution in [2.45, 2.75) is 12.5 Å². The maximum Gasteiger partial charge on any atom is 0.194 e. The fourth-order valence-corrected chi connectivity index (χ4v) is 3.43. The van der Waals surface area contributed by atoms with E-state index in [1.807, 2.05) is 71.7 Å². The molecule has 5 nitrogen and oxygen atoms in total. The first-order chi connectivity index (χ1) is 13.3. The molecule has 0 amide bonds. The molecule has 1 N–H and O–H groups in total. The van der Waals surface area contributed by atoms with Crippen LogP contribution in [-0.4, -0.2) is 22.9 Å². The van der Waals surface area contributed by atoms with E-state index in [9.17, 15) is 0 Å². The fraction of sp³-hybridized carbons (Fsp3) is 0.143. The number of nitrogens with zero attached hydrogens (tertiary/aromatic N) is 2. The smallest absolute Gasteiger partial charge is 0.194 e. The summed E-state index contributed by atoms with van der Waals surface area (Å²) in [5.41, 5.74) is 2.79. The van der Waals surface area contributed by atoms with Gasteiger partial charge >= 0.3 is 0 Å². The number of anilines is 1. The zero-order valence-electron chi connectivity index (χ0n) is 14.8. The average molecular weight is 377 g/mol. The Morgan fingerprint density at radius 1 is 1.11 bits per heavy atom. The van der Waals surface area contributed by atoms with Crippen molar-refractivity contribution in [3.63, 3.8) is 0 Å². The molecule has 0 aliphatic carbocycles. The van der Waals surface area contributed by atoms with Crippen LogP contribution in [0.3, 0.4) is 0 Å². The molecule has 2 heterocycles. The Hall–Kier alpha value is -3.12. The number of rotatable bonds is 4. The molecule has 4 rings (SSSR count). The third kappa shape index (κ3) is 3.57. The van der Waals surface area contributed by atoms with Crippen molar-refractivity contribution in [1.29, 1.82) is 0 Å². The van der Waals surface area contributed by atoms with E-state index in [-0.39, 0.29) is 6.04 Å². The summed E-state index contributed by atoms with van der Waals surface area (Å²) < 4.78 is 11.2. The molecule has 1 aromatic heterocycles. The molecule has 0 saturated heterocycles. The van der Waals surface area contributed by atoms with Gasteiger partial charge in [0.05, 0.1) is 19.1 Å². The average Bonchev–Trinajstić information content (AvgIpc) is 3.38. The van der Waals surface area contributed by atoms with Crippen molar-refractivity contribution in [1.82, 2.24) is 5.01 Å². The third-order valence-electron chi connectivity index (χ3n) is 4.43. The molecule has 1 aliphatic heterocycles. The van der Waals surface area contributed by atoms with E-state index < -0.39 is 0 Å². The van der Waals surface area contributed by atoms with Gasteiger partial charge in [0.15, 0.2) is 5.11 Å². The van der Waals surface area contributed by atoms with Gasteiger partial charge < -0.3 is 14.5 Å². The first-order valence-corrected chi connectivity index (χ1v) is 9.06. The minimum absolute atomic E-state index is 0.108. The van der Waals surface area contributed by atoms with Crippen molar-refractivity contribution in [3.05, 3.63) is 84.3 Å². The molecule has 0 unspecified atom stereocenters. The van der Waals surface area contributed by atoms with Crippen molar-refractivity contribution in [2.24, 2.45) is 5.10 Å². The van der Waals surface area contributed by atoms with Gasteiger partial charge in [-0.05, 0) is 48.6 Å². The number of hydrogen-bond donors (Lipinski definition) is 1. The highest BCUT2D eigenvalue weighted by molar-refractivity contribution is 7.80. The summed E-state index contributed by atoms with van der Waals surface area (Å²) in [7, 11) is 1.66. The van der Waals surface area contributed by atoms with Crippen molar-refractivity contribution in [2.75, 3.05) is 12.4 Å². The van der Waals surface area contributed by atoms with Crippen molar-refractivity contribution < 1.29 is 9.15 Å². The lowest BCUT2D eigenvalue weighted by molar-refractivity contribution is 0.317. The SMILES string of the molecule is COc1ccccc1C1=NN(C(=S)Nc2ccccc2)[C@@H](c2ccco2)C1. The Morgan fingerprint density at radius 2 is 1.89 bits per heavy atom. The zero-order chi connectivity index (χ0) is 18.6. The molecule has 3 aromatic rings. The number of benzene rings is 2. The molecule has 27 heavy (non-hydrogen) atoms. The summed E-state index contributed by atoms with van der Waals surface area (Å²) in [5, 5.41) is 10.4. The lowest BCUT2D eigenvalue weighted by Crippen LogP contribution is -2.30. The molecule has 136 valence electrons. The van der Waals surface area contributed by atoms with Gasteiger partial charge in [-0.1, -0.05) is 30.3 Å². The van der Waals surface area contributed by atoms with E-state index in [0.29, 0.717) is 11.5 Å². The first kappa shape index (κ1) is 17.3. The van der Waals surface area contributed by atoms with Crippen molar-refractivity contribution >= 4 is 28.7 Å². The number of ether oxygens (including phenoxy) is 1. The van der Waals surface area contributed by atoms with Crippen molar-refractivity contribution in [3.8, 4) is 5.75 Å². The molecule has 6 heteroatoms. The Balaban J connectivity index is 1.66. The molecule has 1 atom stereocenters. The molecular weight excluding hydrogens is 358 g/mol. The molecule has 1 aliphatic rings. The minimum Gasteiger partial charge on any atom is -0.496 e. The summed E-state index contributed by atoms with van der Waals surface area (Å²) in [6, 6.07) is 21.4. The lowest BCUT2D eigenvalue weighted by atomic mass is 10.0. The zero-order valence-corrected chi connectivity index (χ0v) is 15.6. The van der Waals surface area contributed by atoms with Gasteiger partial charge in [0, 0.05) is 17.7 Å². The van der Waals surface area contributed by atoms with Gasteiger partial charge in [0.25, 0.3) is 0 Å². The molecule has 0 fully saturated rings. The van der Waals surface area contributed by atoms with Gasteiger partial charge in [-0.15, -0.1) is 0 Å². The van der Waals surface area contributed by atoms with Crippen LogP contribution in [0.2, 0.25) is 0 Å². The van der Waals surface area contributed by atoms with Gasteiger partial charge in [-0.25, -0.2) is 5.01 Å². The minimum atomic E-state index is -0.108. The largest absolute Gasteiger partial charge is 0.496 e. The maximum atomic E-state index is 5.66. The van der Waals surface area contributed by atoms with Crippen LogP contribution in [0.1, 0.15) is 23.8 Å². The number of thiocarbonyl (C=S) groups is 1. The van der Waals surface area contributed by atoms with E-state index in [0.717, 1.165) is 28.5 Å². The Morgan fingerprint density at radius 3 is 2.63 bits per heavy atom. The number of para-hydroxylation sites is 2. The monoisotopic (exact) mass is 377 g/mol. The van der Waals surface area contributed by atoms with E-state index in [1.54, 1.807) is 13.4 Å². The predicted molar refractivity (Wildman–Crippen MR) is 110 cm³/mol. The van der Waals surface area contributed by atoms with Crippen LogP contribution in [-0.2, 0) is 0 Å². The topological polar surface area (TPSA) is 50.0 Å². The normalized spacial score (nSPS) is 16.1. The number of nitrogens with one attached hydrogen (secondary N) is 1. The Bertz CT molecular complexity index is 955. The van der Waals surface area contributed by atoms with Crippen LogP contribution >= 0.6 is 12.2 Å². The van der Waals surface area contributed by atoms with E-state index in [4.69, 9.17) is 26.5 Å². The van der Waals surface area contributed by atoms with Gasteiger partial charge in [-0.2, -0.15) is 5.10 Å². The second-order valence-electron chi connectivity index (χ2n) is 6.12. The first-order valence-electron chi connectivity index (χ1n) is 8.66. The summed E-state index contributed by atoms with van der Waals surface area (Å²) in [5.74, 6) is 1.61. The second-order valence-corrected chi connectivity index (χ2v) is 6.51. The molecule has 0 spiro atoms.